The second-order valence-electron chi connectivity index (χ2n) is 8.12. The van der Waals surface area contributed by atoms with Crippen LogP contribution in [-0.4, -0.2) is 11.9 Å². The predicted octanol–water partition coefficient (Wildman–Crippen LogP) is 6.63. The number of hydrogen-bond acceptors (Lipinski definition) is 2. The summed E-state index contributed by atoms with van der Waals surface area (Å²) >= 11 is 1.58. The molecule has 0 saturated heterocycles. The van der Waals surface area contributed by atoms with Gasteiger partial charge in [0.2, 0.25) is 0 Å². The molecule has 1 aliphatic rings. The summed E-state index contributed by atoms with van der Waals surface area (Å²) < 4.78 is 0. The molecule has 1 unspecified atom stereocenters. The van der Waals surface area contributed by atoms with Gasteiger partial charge in [-0.05, 0) is 61.3 Å². The van der Waals surface area contributed by atoms with Gasteiger partial charge in [0, 0.05) is 10.9 Å². The number of nitrogens with one attached hydrogen (secondary N) is 1. The fraction of sp³-hybridized carbons (Fsp3) is 0.522. The third-order valence-electron chi connectivity index (χ3n) is 5.30. The van der Waals surface area contributed by atoms with Gasteiger partial charge in [-0.25, -0.2) is 0 Å². The zero-order valence-electron chi connectivity index (χ0n) is 16.3. The van der Waals surface area contributed by atoms with Gasteiger partial charge < -0.3 is 5.32 Å². The van der Waals surface area contributed by atoms with Crippen molar-refractivity contribution in [3.05, 3.63) is 46.8 Å². The third-order valence-corrected chi connectivity index (χ3v) is 6.44. The van der Waals surface area contributed by atoms with E-state index in [9.17, 15) is 4.79 Å². The molecule has 2 aromatic rings. The Balaban J connectivity index is 1.64. The molecule has 1 N–H and O–H groups in total. The van der Waals surface area contributed by atoms with Gasteiger partial charge in [-0.1, -0.05) is 57.4 Å². The fourth-order valence-corrected chi connectivity index (χ4v) is 4.95. The van der Waals surface area contributed by atoms with Crippen molar-refractivity contribution in [1.29, 1.82) is 0 Å². The first kappa shape index (κ1) is 19.2. The molecule has 1 aromatic heterocycles. The van der Waals surface area contributed by atoms with Crippen molar-refractivity contribution in [2.24, 2.45) is 5.92 Å². The van der Waals surface area contributed by atoms with E-state index < -0.39 is 0 Å². The number of hydrogen-bond donors (Lipinski definition) is 1. The summed E-state index contributed by atoms with van der Waals surface area (Å²) in [5, 5.41) is 3.12. The van der Waals surface area contributed by atoms with Crippen LogP contribution in [0.3, 0.4) is 0 Å². The van der Waals surface area contributed by atoms with Crippen molar-refractivity contribution in [2.75, 3.05) is 0 Å². The Kier molecular flexibility index (Phi) is 6.53. The van der Waals surface area contributed by atoms with Crippen LogP contribution in [0.5, 0.6) is 0 Å². The van der Waals surface area contributed by atoms with Crippen LogP contribution in [0.2, 0.25) is 0 Å². The minimum absolute atomic E-state index is 0.0493. The smallest absolute Gasteiger partial charge is 0.261 e. The molecular weight excluding hydrogens is 338 g/mol. The first-order chi connectivity index (χ1) is 12.5. The maximum absolute atomic E-state index is 12.4. The molecule has 2 nitrogen and oxygen atoms in total. The van der Waals surface area contributed by atoms with E-state index in [0.717, 1.165) is 17.2 Å². The summed E-state index contributed by atoms with van der Waals surface area (Å²) in [7, 11) is 0. The Labute approximate surface area is 162 Å². The fourth-order valence-electron chi connectivity index (χ4n) is 4.03. The summed E-state index contributed by atoms with van der Waals surface area (Å²) in [5.41, 5.74) is 2.69. The van der Waals surface area contributed by atoms with E-state index in [1.54, 1.807) is 11.3 Å². The molecule has 26 heavy (non-hydrogen) atoms. The van der Waals surface area contributed by atoms with Crippen LogP contribution in [-0.2, 0) is 0 Å². The van der Waals surface area contributed by atoms with E-state index in [1.807, 2.05) is 6.07 Å². The zero-order valence-corrected chi connectivity index (χ0v) is 17.1. The average molecular weight is 370 g/mol. The molecule has 1 amide bonds. The van der Waals surface area contributed by atoms with Crippen molar-refractivity contribution < 1.29 is 4.79 Å². The second-order valence-corrected chi connectivity index (χ2v) is 9.21. The monoisotopic (exact) mass is 369 g/mol. The molecule has 3 rings (SSSR count). The van der Waals surface area contributed by atoms with Gasteiger partial charge in [0.1, 0.15) is 0 Å². The van der Waals surface area contributed by atoms with Gasteiger partial charge in [-0.3, -0.25) is 4.79 Å². The summed E-state index contributed by atoms with van der Waals surface area (Å²) in [6, 6.07) is 13.3. The van der Waals surface area contributed by atoms with E-state index in [0.29, 0.717) is 5.92 Å². The molecule has 1 aliphatic carbocycles. The molecule has 1 fully saturated rings. The maximum Gasteiger partial charge on any atom is 0.261 e. The third kappa shape index (κ3) is 4.97. The maximum atomic E-state index is 12.4. The SMILES string of the molecule is CC(C)CC(C)NC(=O)c1ccc(-c2ccc(C3CCCCC3)cc2)s1. The minimum Gasteiger partial charge on any atom is -0.349 e. The first-order valence-corrected chi connectivity index (χ1v) is 10.9. The highest BCUT2D eigenvalue weighted by molar-refractivity contribution is 7.17. The largest absolute Gasteiger partial charge is 0.349 e. The van der Waals surface area contributed by atoms with Gasteiger partial charge in [0.15, 0.2) is 0 Å². The quantitative estimate of drug-likeness (QED) is 0.608. The molecule has 1 saturated carbocycles. The molecule has 0 aliphatic heterocycles. The molecule has 1 aromatic carbocycles. The first-order valence-electron chi connectivity index (χ1n) is 10.0. The van der Waals surface area contributed by atoms with Crippen LogP contribution in [0.25, 0.3) is 10.4 Å². The van der Waals surface area contributed by atoms with E-state index in [4.69, 9.17) is 0 Å². The summed E-state index contributed by atoms with van der Waals surface area (Å²) in [6.07, 6.45) is 7.79. The number of carbonyl (C=O) groups excluding carboxylic acids is 1. The molecule has 0 bridgehead atoms. The van der Waals surface area contributed by atoms with Crippen LogP contribution >= 0.6 is 11.3 Å². The van der Waals surface area contributed by atoms with Crippen LogP contribution in [0, 0.1) is 5.92 Å². The lowest BCUT2D eigenvalue weighted by atomic mass is 9.84. The predicted molar refractivity (Wildman–Crippen MR) is 112 cm³/mol. The molecular formula is C23H31NOS. The van der Waals surface area contributed by atoms with Crippen LogP contribution in [0.15, 0.2) is 36.4 Å². The Bertz CT molecular complexity index is 710. The highest BCUT2D eigenvalue weighted by atomic mass is 32.1. The standard InChI is InChI=1S/C23H31NOS/c1-16(2)15-17(3)24-23(25)22-14-13-21(26-22)20-11-9-19(10-12-20)18-7-5-4-6-8-18/h9-14,16-18H,4-8,15H2,1-3H3,(H,24,25). The van der Waals surface area contributed by atoms with Crippen molar-refractivity contribution in [2.45, 2.75) is 71.3 Å². The van der Waals surface area contributed by atoms with Gasteiger partial charge in [0.05, 0.1) is 4.88 Å². The lowest BCUT2D eigenvalue weighted by Gasteiger charge is -2.22. The molecule has 3 heteroatoms. The second kappa shape index (κ2) is 8.85. The Hall–Kier alpha value is -1.61. The highest BCUT2D eigenvalue weighted by Gasteiger charge is 2.16. The van der Waals surface area contributed by atoms with Gasteiger partial charge >= 0.3 is 0 Å². The highest BCUT2D eigenvalue weighted by Crippen LogP contribution is 2.34. The van der Waals surface area contributed by atoms with Crippen molar-refractivity contribution in [3.8, 4) is 10.4 Å². The Morgan fingerprint density at radius 2 is 1.73 bits per heavy atom. The number of benzene rings is 1. The molecule has 140 valence electrons. The lowest BCUT2D eigenvalue weighted by Crippen LogP contribution is -2.32. The van der Waals surface area contributed by atoms with Crippen LogP contribution in [0.1, 0.15) is 80.4 Å². The lowest BCUT2D eigenvalue weighted by molar-refractivity contribution is 0.0940. The van der Waals surface area contributed by atoms with Gasteiger partial charge in [-0.15, -0.1) is 11.3 Å². The van der Waals surface area contributed by atoms with Crippen LogP contribution in [0.4, 0.5) is 0 Å². The summed E-state index contributed by atoms with van der Waals surface area (Å²) in [6.45, 7) is 6.45. The normalized spacial score (nSPS) is 16.6. The molecule has 0 radical (unpaired) electrons. The van der Waals surface area contributed by atoms with Gasteiger partial charge in [0.25, 0.3) is 5.91 Å². The minimum atomic E-state index is 0.0493. The van der Waals surface area contributed by atoms with E-state index in [2.05, 4.69) is 56.4 Å². The Morgan fingerprint density at radius 1 is 1.04 bits per heavy atom. The van der Waals surface area contributed by atoms with Gasteiger partial charge in [-0.2, -0.15) is 0 Å². The number of amides is 1. The van der Waals surface area contributed by atoms with E-state index >= 15 is 0 Å². The van der Waals surface area contributed by atoms with Crippen molar-refractivity contribution >= 4 is 17.2 Å². The average Bonchev–Trinajstić information content (AvgIpc) is 3.12. The molecule has 0 spiro atoms. The number of thiophene rings is 1. The van der Waals surface area contributed by atoms with Crippen LogP contribution < -0.4 is 5.32 Å². The number of carbonyl (C=O) groups is 1. The zero-order chi connectivity index (χ0) is 18.5. The molecule has 1 heterocycles. The Morgan fingerprint density at radius 3 is 2.38 bits per heavy atom. The van der Waals surface area contributed by atoms with E-state index in [-0.39, 0.29) is 11.9 Å². The summed E-state index contributed by atoms with van der Waals surface area (Å²) in [5.74, 6) is 1.38. The summed E-state index contributed by atoms with van der Waals surface area (Å²) in [4.78, 5) is 14.4. The topological polar surface area (TPSA) is 29.1 Å². The number of rotatable bonds is 6. The van der Waals surface area contributed by atoms with Crippen molar-refractivity contribution in [1.82, 2.24) is 5.32 Å². The molecule has 1 atom stereocenters. The van der Waals surface area contributed by atoms with Crippen molar-refractivity contribution in [3.63, 3.8) is 0 Å². The van der Waals surface area contributed by atoms with E-state index in [1.165, 1.54) is 48.1 Å².